The predicted octanol–water partition coefficient (Wildman–Crippen LogP) is 1.99. The lowest BCUT2D eigenvalue weighted by molar-refractivity contribution is 0.268. The molecular weight excluding hydrogens is 236 g/mol. The van der Waals surface area contributed by atoms with Crippen molar-refractivity contribution in [2.24, 2.45) is 18.7 Å². The van der Waals surface area contributed by atoms with Gasteiger partial charge in [0.15, 0.2) is 0 Å². The van der Waals surface area contributed by atoms with Gasteiger partial charge in [0.25, 0.3) is 0 Å². The van der Waals surface area contributed by atoms with Crippen molar-refractivity contribution < 1.29 is 0 Å². The van der Waals surface area contributed by atoms with Crippen molar-refractivity contribution in [1.82, 2.24) is 14.5 Å². The second kappa shape index (κ2) is 6.17. The van der Waals surface area contributed by atoms with E-state index in [4.69, 9.17) is 5.73 Å². The van der Waals surface area contributed by atoms with E-state index in [1.165, 1.54) is 11.1 Å². The predicted molar refractivity (Wildman–Crippen MR) is 79.9 cm³/mol. The summed E-state index contributed by atoms with van der Waals surface area (Å²) in [6, 6.07) is 6.50. The van der Waals surface area contributed by atoms with Crippen molar-refractivity contribution in [1.29, 1.82) is 0 Å². The van der Waals surface area contributed by atoms with Crippen LogP contribution in [0.15, 0.2) is 24.5 Å². The molecule has 0 amide bonds. The molecule has 0 radical (unpaired) electrons. The fourth-order valence-corrected chi connectivity index (χ4v) is 2.47. The van der Waals surface area contributed by atoms with E-state index in [-0.39, 0.29) is 0 Å². The summed E-state index contributed by atoms with van der Waals surface area (Å²) in [6.45, 7) is 4.96. The minimum absolute atomic E-state index is 0.587. The Hall–Kier alpha value is -1.39. The average molecular weight is 260 g/mol. The first-order valence-corrected chi connectivity index (χ1v) is 6.92. The fourth-order valence-electron chi connectivity index (χ4n) is 2.47. The van der Waals surface area contributed by atoms with E-state index in [0.717, 1.165) is 31.6 Å². The summed E-state index contributed by atoms with van der Waals surface area (Å²) in [7, 11) is 4.18. The van der Waals surface area contributed by atoms with E-state index in [2.05, 4.69) is 42.1 Å². The summed E-state index contributed by atoms with van der Waals surface area (Å²) >= 11 is 0. The Labute approximate surface area is 115 Å². The van der Waals surface area contributed by atoms with E-state index < -0.39 is 0 Å². The van der Waals surface area contributed by atoms with Crippen LogP contribution in [0.1, 0.15) is 18.9 Å². The van der Waals surface area contributed by atoms with Crippen molar-refractivity contribution in [2.75, 3.05) is 20.1 Å². The zero-order valence-electron chi connectivity index (χ0n) is 12.1. The second-order valence-electron chi connectivity index (χ2n) is 5.39. The van der Waals surface area contributed by atoms with Gasteiger partial charge < -0.3 is 15.2 Å². The first kappa shape index (κ1) is 14.0. The largest absolute Gasteiger partial charge is 0.334 e. The van der Waals surface area contributed by atoms with E-state index in [1.807, 2.05) is 17.9 Å². The van der Waals surface area contributed by atoms with Crippen molar-refractivity contribution in [3.8, 4) is 0 Å². The zero-order chi connectivity index (χ0) is 13.8. The summed E-state index contributed by atoms with van der Waals surface area (Å²) in [5.74, 6) is 0.587. The maximum atomic E-state index is 5.76. The van der Waals surface area contributed by atoms with E-state index >= 15 is 0 Å². The van der Waals surface area contributed by atoms with Gasteiger partial charge in [0.2, 0.25) is 0 Å². The molecule has 104 valence electrons. The molecule has 0 aliphatic rings. The van der Waals surface area contributed by atoms with Crippen LogP contribution in [-0.4, -0.2) is 34.6 Å². The van der Waals surface area contributed by atoms with Crippen molar-refractivity contribution in [3.05, 3.63) is 30.1 Å². The molecule has 2 aromatic rings. The van der Waals surface area contributed by atoms with Crippen LogP contribution in [0.2, 0.25) is 0 Å². The fraction of sp³-hybridized carbons (Fsp3) is 0.533. The average Bonchev–Trinajstić information content (AvgIpc) is 2.77. The number of nitrogens with two attached hydrogens (primary N) is 1. The molecule has 4 heteroatoms. The molecule has 0 bridgehead atoms. The molecule has 0 aliphatic heterocycles. The van der Waals surface area contributed by atoms with Gasteiger partial charge in [0.1, 0.15) is 0 Å². The minimum atomic E-state index is 0.587. The molecule has 1 aromatic carbocycles. The molecule has 1 unspecified atom stereocenters. The van der Waals surface area contributed by atoms with Crippen LogP contribution in [0.25, 0.3) is 11.0 Å². The van der Waals surface area contributed by atoms with Crippen molar-refractivity contribution in [3.63, 3.8) is 0 Å². The van der Waals surface area contributed by atoms with E-state index in [9.17, 15) is 0 Å². The zero-order valence-corrected chi connectivity index (χ0v) is 12.1. The monoisotopic (exact) mass is 260 g/mol. The standard InChI is InChI=1S/C15H24N4/c1-4-12(8-16)9-18(2)10-13-5-6-15-14(7-13)17-11-19(15)3/h5-7,11-12H,4,8-10,16H2,1-3H3. The summed E-state index contributed by atoms with van der Waals surface area (Å²) in [6.07, 6.45) is 3.00. The van der Waals surface area contributed by atoms with Crippen LogP contribution in [0.5, 0.6) is 0 Å². The Morgan fingerprint density at radius 3 is 2.89 bits per heavy atom. The molecule has 0 saturated carbocycles. The molecule has 0 aliphatic carbocycles. The number of aromatic nitrogens is 2. The molecule has 4 nitrogen and oxygen atoms in total. The van der Waals surface area contributed by atoms with Crippen LogP contribution in [0.4, 0.5) is 0 Å². The lowest BCUT2D eigenvalue weighted by atomic mass is 10.1. The highest BCUT2D eigenvalue weighted by molar-refractivity contribution is 5.75. The van der Waals surface area contributed by atoms with Gasteiger partial charge in [0.05, 0.1) is 17.4 Å². The SMILES string of the molecule is CCC(CN)CN(C)Cc1ccc2c(c1)ncn2C. The molecule has 1 aromatic heterocycles. The number of imidazole rings is 1. The highest BCUT2D eigenvalue weighted by atomic mass is 15.1. The van der Waals surface area contributed by atoms with Crippen LogP contribution >= 0.6 is 0 Å². The number of benzene rings is 1. The lowest BCUT2D eigenvalue weighted by Crippen LogP contribution is -2.29. The maximum Gasteiger partial charge on any atom is 0.0955 e. The number of fused-ring (bicyclic) bond motifs is 1. The minimum Gasteiger partial charge on any atom is -0.334 e. The van der Waals surface area contributed by atoms with Crippen LogP contribution < -0.4 is 5.73 Å². The van der Waals surface area contributed by atoms with Gasteiger partial charge in [-0.3, -0.25) is 0 Å². The summed E-state index contributed by atoms with van der Waals surface area (Å²) in [5.41, 5.74) is 9.32. The Kier molecular flexibility index (Phi) is 4.56. The molecule has 2 rings (SSSR count). The normalized spacial score (nSPS) is 13.3. The molecule has 0 saturated heterocycles. The maximum absolute atomic E-state index is 5.76. The van der Waals surface area contributed by atoms with Gasteiger partial charge in [-0.05, 0) is 37.2 Å². The first-order valence-electron chi connectivity index (χ1n) is 6.92. The van der Waals surface area contributed by atoms with Gasteiger partial charge >= 0.3 is 0 Å². The third kappa shape index (κ3) is 3.33. The molecule has 19 heavy (non-hydrogen) atoms. The van der Waals surface area contributed by atoms with Crippen LogP contribution in [0.3, 0.4) is 0 Å². The highest BCUT2D eigenvalue weighted by Gasteiger charge is 2.09. The number of nitrogens with zero attached hydrogens (tertiary/aromatic N) is 3. The number of hydrogen-bond donors (Lipinski definition) is 1. The molecular formula is C15H24N4. The van der Waals surface area contributed by atoms with Gasteiger partial charge in [0, 0.05) is 20.1 Å². The third-order valence-electron chi connectivity index (χ3n) is 3.72. The molecule has 1 atom stereocenters. The van der Waals surface area contributed by atoms with Gasteiger partial charge in [-0.25, -0.2) is 4.98 Å². The van der Waals surface area contributed by atoms with Crippen LogP contribution in [-0.2, 0) is 13.6 Å². The Morgan fingerprint density at radius 2 is 2.21 bits per heavy atom. The van der Waals surface area contributed by atoms with Crippen molar-refractivity contribution >= 4 is 11.0 Å². The van der Waals surface area contributed by atoms with Gasteiger partial charge in [-0.2, -0.15) is 0 Å². The van der Waals surface area contributed by atoms with Crippen LogP contribution in [0, 0.1) is 5.92 Å². The quantitative estimate of drug-likeness (QED) is 0.864. The lowest BCUT2D eigenvalue weighted by Gasteiger charge is -2.22. The molecule has 0 spiro atoms. The number of hydrogen-bond acceptors (Lipinski definition) is 3. The Balaban J connectivity index is 2.04. The first-order chi connectivity index (χ1) is 9.13. The second-order valence-corrected chi connectivity index (χ2v) is 5.39. The summed E-state index contributed by atoms with van der Waals surface area (Å²) in [5, 5.41) is 0. The highest BCUT2D eigenvalue weighted by Crippen LogP contribution is 2.15. The Morgan fingerprint density at radius 1 is 1.42 bits per heavy atom. The molecule has 2 N–H and O–H groups in total. The van der Waals surface area contributed by atoms with Crippen molar-refractivity contribution in [2.45, 2.75) is 19.9 Å². The van der Waals surface area contributed by atoms with Gasteiger partial charge in [-0.15, -0.1) is 0 Å². The van der Waals surface area contributed by atoms with E-state index in [1.54, 1.807) is 0 Å². The number of aryl methyl sites for hydroxylation is 1. The Bertz CT molecular complexity index is 528. The topological polar surface area (TPSA) is 47.1 Å². The van der Waals surface area contributed by atoms with E-state index in [0.29, 0.717) is 5.92 Å². The third-order valence-corrected chi connectivity index (χ3v) is 3.72. The summed E-state index contributed by atoms with van der Waals surface area (Å²) < 4.78 is 2.05. The van der Waals surface area contributed by atoms with Gasteiger partial charge in [-0.1, -0.05) is 19.4 Å². The smallest absolute Gasteiger partial charge is 0.0955 e. The molecule has 1 heterocycles. The summed E-state index contributed by atoms with van der Waals surface area (Å²) in [4.78, 5) is 6.74. The number of rotatable bonds is 6. The molecule has 0 fully saturated rings.